The Morgan fingerprint density at radius 1 is 0.906 bits per heavy atom. The minimum absolute atomic E-state index is 0.00520. The molecule has 0 aliphatic carbocycles. The van der Waals surface area contributed by atoms with Gasteiger partial charge >= 0.3 is 0 Å². The highest BCUT2D eigenvalue weighted by Gasteiger charge is 2.20. The highest BCUT2D eigenvalue weighted by molar-refractivity contribution is 7.92. The van der Waals surface area contributed by atoms with E-state index in [9.17, 15) is 8.42 Å². The Kier molecular flexibility index (Phi) is 5.90. The van der Waals surface area contributed by atoms with Crippen LogP contribution in [-0.2, 0) is 10.0 Å². The van der Waals surface area contributed by atoms with Crippen molar-refractivity contribution >= 4 is 15.7 Å². The van der Waals surface area contributed by atoms with Gasteiger partial charge in [0.2, 0.25) is 5.88 Å². The summed E-state index contributed by atoms with van der Waals surface area (Å²) in [5.41, 5.74) is 0.358. The van der Waals surface area contributed by atoms with Gasteiger partial charge in [-0.2, -0.15) is 0 Å². The van der Waals surface area contributed by atoms with Crippen LogP contribution in [0.4, 0.5) is 5.69 Å². The smallest absolute Gasteiger partial charge is 0.265 e. The van der Waals surface area contributed by atoms with Crippen LogP contribution in [0.3, 0.4) is 0 Å². The molecule has 11 heteroatoms. The maximum atomic E-state index is 12.8. The van der Waals surface area contributed by atoms with Crippen LogP contribution in [0, 0.1) is 0 Å². The van der Waals surface area contributed by atoms with E-state index in [-0.39, 0.29) is 10.6 Å². The van der Waals surface area contributed by atoms with E-state index in [1.807, 2.05) is 0 Å². The molecule has 0 spiro atoms. The summed E-state index contributed by atoms with van der Waals surface area (Å²) < 4.78 is 45.8. The summed E-state index contributed by atoms with van der Waals surface area (Å²) in [7, 11) is -0.996. The molecule has 2 aromatic heterocycles. The Morgan fingerprint density at radius 2 is 1.69 bits per heavy atom. The topological polar surface area (TPSA) is 117 Å². The average molecular weight is 453 g/mol. The number of nitrogens with one attached hydrogen (secondary N) is 1. The van der Waals surface area contributed by atoms with Gasteiger partial charge < -0.3 is 14.2 Å². The van der Waals surface area contributed by atoms with Gasteiger partial charge in [0.25, 0.3) is 10.0 Å². The van der Waals surface area contributed by atoms with Gasteiger partial charge in [-0.15, -0.1) is 10.2 Å². The molecule has 0 fully saturated rings. The van der Waals surface area contributed by atoms with E-state index in [0.29, 0.717) is 28.9 Å². The van der Waals surface area contributed by atoms with E-state index < -0.39 is 10.0 Å². The number of hydrogen-bond acceptors (Lipinski definition) is 8. The zero-order valence-corrected chi connectivity index (χ0v) is 18.0. The van der Waals surface area contributed by atoms with Crippen LogP contribution in [0.15, 0.2) is 78.2 Å². The molecule has 32 heavy (non-hydrogen) atoms. The van der Waals surface area contributed by atoms with Crippen LogP contribution in [0.2, 0.25) is 0 Å². The first-order valence-electron chi connectivity index (χ1n) is 9.33. The summed E-state index contributed by atoms with van der Waals surface area (Å²) in [6.07, 6.45) is 5.02. The number of rotatable bonds is 8. The molecule has 1 N–H and O–H groups in total. The molecule has 0 aliphatic rings. The fourth-order valence-electron chi connectivity index (χ4n) is 2.82. The summed E-state index contributed by atoms with van der Waals surface area (Å²) in [6, 6.07) is 14.3. The van der Waals surface area contributed by atoms with E-state index in [1.165, 1.54) is 26.4 Å². The summed E-state index contributed by atoms with van der Waals surface area (Å²) in [4.78, 5) is 3.96. The van der Waals surface area contributed by atoms with Crippen LogP contribution in [0.25, 0.3) is 5.82 Å². The van der Waals surface area contributed by atoms with Gasteiger partial charge in [0, 0.05) is 30.2 Å². The molecule has 0 saturated heterocycles. The van der Waals surface area contributed by atoms with Crippen molar-refractivity contribution in [3.8, 4) is 28.9 Å². The van der Waals surface area contributed by atoms with Crippen molar-refractivity contribution in [1.82, 2.24) is 19.7 Å². The number of sulfonamides is 1. The maximum Gasteiger partial charge on any atom is 0.265 e. The van der Waals surface area contributed by atoms with E-state index >= 15 is 0 Å². The largest absolute Gasteiger partial charge is 0.497 e. The lowest BCUT2D eigenvalue weighted by molar-refractivity contribution is 0.386. The van der Waals surface area contributed by atoms with Crippen LogP contribution in [0.5, 0.6) is 23.1 Å². The number of hydrogen-bond donors (Lipinski definition) is 1. The monoisotopic (exact) mass is 453 g/mol. The highest BCUT2D eigenvalue weighted by atomic mass is 32.2. The van der Waals surface area contributed by atoms with Crippen molar-refractivity contribution in [2.24, 2.45) is 0 Å². The van der Waals surface area contributed by atoms with Gasteiger partial charge in [-0.05, 0) is 42.5 Å². The van der Waals surface area contributed by atoms with Gasteiger partial charge in [-0.3, -0.25) is 9.29 Å². The highest BCUT2D eigenvalue weighted by Crippen LogP contribution is 2.30. The predicted octanol–water partition coefficient (Wildman–Crippen LogP) is 3.27. The molecular weight excluding hydrogens is 434 g/mol. The summed E-state index contributed by atoms with van der Waals surface area (Å²) in [6.45, 7) is 0. The molecule has 10 nitrogen and oxygen atoms in total. The van der Waals surface area contributed by atoms with Crippen LogP contribution in [0.1, 0.15) is 0 Å². The number of imidazole rings is 1. The van der Waals surface area contributed by atoms with Crippen molar-refractivity contribution < 1.29 is 22.6 Å². The molecule has 0 atom stereocenters. The number of benzene rings is 2. The van der Waals surface area contributed by atoms with Gasteiger partial charge in [0.1, 0.15) is 28.5 Å². The first-order valence-corrected chi connectivity index (χ1v) is 10.8. The Bertz CT molecular complexity index is 1290. The van der Waals surface area contributed by atoms with E-state index in [0.717, 1.165) is 0 Å². The Balaban J connectivity index is 1.46. The second kappa shape index (κ2) is 8.94. The normalized spacial score (nSPS) is 11.1. The third-order valence-corrected chi connectivity index (χ3v) is 5.80. The number of ether oxygens (including phenoxy) is 3. The van der Waals surface area contributed by atoms with E-state index in [2.05, 4.69) is 19.9 Å². The third kappa shape index (κ3) is 4.62. The third-order valence-electron chi connectivity index (χ3n) is 4.38. The first-order chi connectivity index (χ1) is 15.5. The quantitative estimate of drug-likeness (QED) is 0.432. The first kappa shape index (κ1) is 21.1. The van der Waals surface area contributed by atoms with E-state index in [1.54, 1.807) is 65.8 Å². The Morgan fingerprint density at radius 3 is 2.31 bits per heavy atom. The number of aromatic nitrogens is 4. The SMILES string of the molecule is COc1ccc(S(=O)(=O)Nc2ccc(Oc3ccc(-n4ccnc4)nn3)cc2)c(OC)c1. The minimum Gasteiger partial charge on any atom is -0.497 e. The molecule has 2 heterocycles. The van der Waals surface area contributed by atoms with Gasteiger partial charge in [0.15, 0.2) is 5.82 Å². The van der Waals surface area contributed by atoms with Crippen molar-refractivity contribution in [3.63, 3.8) is 0 Å². The second-order valence-electron chi connectivity index (χ2n) is 6.45. The molecule has 0 saturated carbocycles. The number of nitrogens with zero attached hydrogens (tertiary/aromatic N) is 4. The number of methoxy groups -OCH3 is 2. The molecule has 164 valence electrons. The minimum atomic E-state index is -3.88. The molecule has 0 aliphatic heterocycles. The van der Waals surface area contributed by atoms with Crippen LogP contribution >= 0.6 is 0 Å². The standard InChI is InChI=1S/C21H19N5O5S/c1-29-17-7-8-19(18(13-17)30-2)32(27,28)25-15-3-5-16(6-4-15)31-21-10-9-20(23-24-21)26-12-11-22-14-26/h3-14,25H,1-2H3. The van der Waals surface area contributed by atoms with Gasteiger partial charge in [0.05, 0.1) is 14.2 Å². The summed E-state index contributed by atoms with van der Waals surface area (Å²) >= 11 is 0. The predicted molar refractivity (Wildman–Crippen MR) is 116 cm³/mol. The lowest BCUT2D eigenvalue weighted by Gasteiger charge is -2.13. The van der Waals surface area contributed by atoms with Crippen molar-refractivity contribution in [2.45, 2.75) is 4.90 Å². The average Bonchev–Trinajstić information content (AvgIpc) is 3.35. The van der Waals surface area contributed by atoms with Crippen molar-refractivity contribution in [1.29, 1.82) is 0 Å². The molecule has 0 unspecified atom stereocenters. The van der Waals surface area contributed by atoms with Crippen LogP contribution in [-0.4, -0.2) is 42.4 Å². The van der Waals surface area contributed by atoms with Crippen molar-refractivity contribution in [3.05, 3.63) is 73.3 Å². The fourth-order valence-corrected chi connectivity index (χ4v) is 4.03. The lowest BCUT2D eigenvalue weighted by Crippen LogP contribution is -2.14. The van der Waals surface area contributed by atoms with Gasteiger partial charge in [-0.25, -0.2) is 13.4 Å². The Hall–Kier alpha value is -4.12. The summed E-state index contributed by atoms with van der Waals surface area (Å²) in [5, 5.41) is 8.11. The summed E-state index contributed by atoms with van der Waals surface area (Å²) in [5.74, 6) is 2.04. The maximum absolute atomic E-state index is 12.8. The number of anilines is 1. The van der Waals surface area contributed by atoms with E-state index in [4.69, 9.17) is 14.2 Å². The zero-order valence-electron chi connectivity index (χ0n) is 17.2. The Labute approximate surface area is 184 Å². The molecule has 2 aromatic carbocycles. The van der Waals surface area contributed by atoms with Crippen LogP contribution < -0.4 is 18.9 Å². The molecule has 0 bridgehead atoms. The lowest BCUT2D eigenvalue weighted by atomic mass is 10.3. The molecular formula is C21H19N5O5S. The molecule has 0 amide bonds. The van der Waals surface area contributed by atoms with Crippen molar-refractivity contribution in [2.75, 3.05) is 18.9 Å². The molecule has 4 aromatic rings. The second-order valence-corrected chi connectivity index (χ2v) is 8.10. The molecule has 0 radical (unpaired) electrons. The van der Waals surface area contributed by atoms with Gasteiger partial charge in [-0.1, -0.05) is 0 Å². The fraction of sp³-hybridized carbons (Fsp3) is 0.0952. The molecule has 4 rings (SSSR count). The zero-order chi connectivity index (χ0) is 22.6.